The lowest BCUT2D eigenvalue weighted by Crippen LogP contribution is -2.22. The molecule has 2 rings (SSSR count). The Hall–Kier alpha value is -1.02. The smallest absolute Gasteiger partial charge is 0.124 e. The molecule has 1 heterocycles. The van der Waals surface area contributed by atoms with Crippen molar-refractivity contribution in [2.75, 3.05) is 13.2 Å². The number of benzene rings is 1. The van der Waals surface area contributed by atoms with Gasteiger partial charge in [0, 0.05) is 18.2 Å². The lowest BCUT2D eigenvalue weighted by atomic mass is 9.99. The molecule has 0 saturated heterocycles. The van der Waals surface area contributed by atoms with Crippen LogP contribution in [0.15, 0.2) is 24.3 Å². The van der Waals surface area contributed by atoms with E-state index in [1.807, 2.05) is 0 Å². The molecule has 1 aromatic rings. The van der Waals surface area contributed by atoms with Crippen LogP contribution in [0.2, 0.25) is 0 Å². The molecule has 0 aliphatic carbocycles. The van der Waals surface area contributed by atoms with Crippen LogP contribution in [-0.4, -0.2) is 13.2 Å². The van der Waals surface area contributed by atoms with Crippen molar-refractivity contribution in [3.05, 3.63) is 29.8 Å². The molecule has 2 nitrogen and oxygen atoms in total. The minimum Gasteiger partial charge on any atom is -0.492 e. The molecule has 0 aromatic heterocycles. The molecule has 2 heteroatoms. The van der Waals surface area contributed by atoms with E-state index in [1.54, 1.807) is 0 Å². The molecule has 0 radical (unpaired) electrons. The van der Waals surface area contributed by atoms with Gasteiger partial charge in [-0.05, 0) is 12.5 Å². The number of unbranched alkanes of at least 4 members (excludes halogenated alkanes) is 3. The van der Waals surface area contributed by atoms with Gasteiger partial charge < -0.3 is 10.1 Å². The summed E-state index contributed by atoms with van der Waals surface area (Å²) in [6.07, 6.45) is 6.53. The molecule has 0 amide bonds. The fourth-order valence-corrected chi connectivity index (χ4v) is 2.44. The molecule has 0 saturated carbocycles. The lowest BCUT2D eigenvalue weighted by Gasteiger charge is -2.17. The van der Waals surface area contributed by atoms with Crippen LogP contribution in [0.1, 0.15) is 50.6 Å². The lowest BCUT2D eigenvalue weighted by molar-refractivity contribution is 0.323. The van der Waals surface area contributed by atoms with Crippen molar-refractivity contribution >= 4 is 0 Å². The fraction of sp³-hybridized carbons (Fsp3) is 0.600. The normalized spacial score (nSPS) is 19.2. The highest BCUT2D eigenvalue weighted by Gasteiger charge is 2.17. The number of rotatable bonds is 5. The van der Waals surface area contributed by atoms with E-state index in [9.17, 15) is 0 Å². The van der Waals surface area contributed by atoms with Crippen LogP contribution < -0.4 is 10.1 Å². The zero-order valence-corrected chi connectivity index (χ0v) is 10.7. The third kappa shape index (κ3) is 3.47. The van der Waals surface area contributed by atoms with Gasteiger partial charge in [-0.3, -0.25) is 0 Å². The topological polar surface area (TPSA) is 21.3 Å². The van der Waals surface area contributed by atoms with E-state index in [2.05, 4.69) is 36.5 Å². The Balaban J connectivity index is 1.97. The minimum absolute atomic E-state index is 0.477. The Labute approximate surface area is 104 Å². The third-order valence-electron chi connectivity index (χ3n) is 3.39. The Morgan fingerprint density at radius 3 is 3.00 bits per heavy atom. The van der Waals surface area contributed by atoms with Crippen molar-refractivity contribution in [1.29, 1.82) is 0 Å². The zero-order valence-electron chi connectivity index (χ0n) is 10.7. The van der Waals surface area contributed by atoms with Gasteiger partial charge in [0.2, 0.25) is 0 Å². The van der Waals surface area contributed by atoms with Gasteiger partial charge >= 0.3 is 0 Å². The van der Waals surface area contributed by atoms with Gasteiger partial charge in [-0.2, -0.15) is 0 Å². The van der Waals surface area contributed by atoms with E-state index in [1.165, 1.54) is 37.7 Å². The Morgan fingerprint density at radius 2 is 2.12 bits per heavy atom. The molecule has 1 N–H and O–H groups in total. The molecule has 94 valence electrons. The molecule has 1 aliphatic rings. The predicted octanol–water partition coefficient (Wildman–Crippen LogP) is 3.68. The average molecular weight is 233 g/mol. The van der Waals surface area contributed by atoms with Crippen LogP contribution in [0, 0.1) is 0 Å². The van der Waals surface area contributed by atoms with Gasteiger partial charge in [-0.1, -0.05) is 50.8 Å². The van der Waals surface area contributed by atoms with E-state index < -0.39 is 0 Å². The second-order valence-corrected chi connectivity index (χ2v) is 4.74. The first-order valence-electron chi connectivity index (χ1n) is 6.87. The average Bonchev–Trinajstić information content (AvgIpc) is 2.57. The third-order valence-corrected chi connectivity index (χ3v) is 3.39. The van der Waals surface area contributed by atoms with Crippen molar-refractivity contribution in [1.82, 2.24) is 5.32 Å². The van der Waals surface area contributed by atoms with Crippen molar-refractivity contribution in [3.63, 3.8) is 0 Å². The first-order chi connectivity index (χ1) is 8.42. The van der Waals surface area contributed by atoms with Crippen LogP contribution in [0.25, 0.3) is 0 Å². The summed E-state index contributed by atoms with van der Waals surface area (Å²) in [5.74, 6) is 1.07. The van der Waals surface area contributed by atoms with Gasteiger partial charge in [-0.25, -0.2) is 0 Å². The van der Waals surface area contributed by atoms with Gasteiger partial charge in [0.1, 0.15) is 12.4 Å². The Kier molecular flexibility index (Phi) is 4.87. The first kappa shape index (κ1) is 12.4. The summed E-state index contributed by atoms with van der Waals surface area (Å²) in [6.45, 7) is 3.99. The molecule has 0 bridgehead atoms. The summed E-state index contributed by atoms with van der Waals surface area (Å²) in [6, 6.07) is 8.91. The molecule has 0 fully saturated rings. The summed E-state index contributed by atoms with van der Waals surface area (Å²) in [7, 11) is 0. The van der Waals surface area contributed by atoms with E-state index in [0.29, 0.717) is 6.04 Å². The van der Waals surface area contributed by atoms with Gasteiger partial charge in [0.05, 0.1) is 0 Å². The highest BCUT2D eigenvalue weighted by molar-refractivity contribution is 5.36. The van der Waals surface area contributed by atoms with Crippen LogP contribution >= 0.6 is 0 Å². The molecule has 17 heavy (non-hydrogen) atoms. The summed E-state index contributed by atoms with van der Waals surface area (Å²) in [4.78, 5) is 0. The number of hydrogen-bond donors (Lipinski definition) is 1. The van der Waals surface area contributed by atoms with Crippen LogP contribution in [0.3, 0.4) is 0 Å². The Bertz CT molecular complexity index is 337. The summed E-state index contributed by atoms with van der Waals surface area (Å²) in [5, 5.41) is 3.59. The minimum atomic E-state index is 0.477. The maximum absolute atomic E-state index is 5.74. The molecule has 0 spiro atoms. The van der Waals surface area contributed by atoms with Gasteiger partial charge in [-0.15, -0.1) is 0 Å². The second kappa shape index (κ2) is 6.65. The highest BCUT2D eigenvalue weighted by atomic mass is 16.5. The summed E-state index contributed by atoms with van der Waals surface area (Å²) in [5.41, 5.74) is 1.33. The number of nitrogens with one attached hydrogen (secondary N) is 1. The van der Waals surface area contributed by atoms with E-state index in [0.717, 1.165) is 18.9 Å². The molecule has 1 unspecified atom stereocenters. The molecule has 1 aromatic carbocycles. The van der Waals surface area contributed by atoms with Crippen LogP contribution in [-0.2, 0) is 0 Å². The second-order valence-electron chi connectivity index (χ2n) is 4.74. The van der Waals surface area contributed by atoms with E-state index in [-0.39, 0.29) is 0 Å². The van der Waals surface area contributed by atoms with E-state index >= 15 is 0 Å². The predicted molar refractivity (Wildman–Crippen MR) is 71.4 cm³/mol. The van der Waals surface area contributed by atoms with Crippen molar-refractivity contribution < 1.29 is 4.74 Å². The number of ether oxygens (including phenoxy) is 1. The highest BCUT2D eigenvalue weighted by Crippen LogP contribution is 2.30. The summed E-state index contributed by atoms with van der Waals surface area (Å²) < 4.78 is 5.74. The van der Waals surface area contributed by atoms with Crippen molar-refractivity contribution in [2.45, 2.75) is 45.1 Å². The largest absolute Gasteiger partial charge is 0.492 e. The monoisotopic (exact) mass is 233 g/mol. The number of fused-ring (bicyclic) bond motifs is 1. The number of para-hydroxylation sites is 1. The van der Waals surface area contributed by atoms with Crippen molar-refractivity contribution in [2.24, 2.45) is 0 Å². The maximum atomic E-state index is 5.74. The zero-order chi connectivity index (χ0) is 11.9. The van der Waals surface area contributed by atoms with Gasteiger partial charge in [0.15, 0.2) is 0 Å². The molecule has 1 aliphatic heterocycles. The summed E-state index contributed by atoms with van der Waals surface area (Å²) >= 11 is 0. The van der Waals surface area contributed by atoms with Crippen LogP contribution in [0.4, 0.5) is 0 Å². The standard InChI is InChI=1S/C15H23NO/c1-2-3-4-5-9-14-13-8-6-7-10-15(13)17-12-11-16-14/h6-8,10,14,16H,2-5,9,11-12H2,1H3. The fourth-order valence-electron chi connectivity index (χ4n) is 2.44. The van der Waals surface area contributed by atoms with Gasteiger partial charge in [0.25, 0.3) is 0 Å². The van der Waals surface area contributed by atoms with E-state index in [4.69, 9.17) is 4.74 Å². The van der Waals surface area contributed by atoms with Crippen LogP contribution in [0.5, 0.6) is 5.75 Å². The number of hydrogen-bond acceptors (Lipinski definition) is 2. The molecular formula is C15H23NO. The maximum Gasteiger partial charge on any atom is 0.124 e. The quantitative estimate of drug-likeness (QED) is 0.783. The SMILES string of the molecule is CCCCCCC1NCCOc2ccccc21. The molecular weight excluding hydrogens is 210 g/mol. The van der Waals surface area contributed by atoms with Crippen molar-refractivity contribution in [3.8, 4) is 5.75 Å². The Morgan fingerprint density at radius 1 is 1.24 bits per heavy atom. The molecule has 1 atom stereocenters. The first-order valence-corrected chi connectivity index (χ1v) is 6.87.